The van der Waals surface area contributed by atoms with E-state index in [2.05, 4.69) is 15.3 Å². The Morgan fingerprint density at radius 2 is 1.71 bits per heavy atom. The third-order valence-corrected chi connectivity index (χ3v) is 5.25. The van der Waals surface area contributed by atoms with E-state index in [0.29, 0.717) is 27.8 Å². The lowest BCUT2D eigenvalue weighted by Gasteiger charge is -2.10. The van der Waals surface area contributed by atoms with Crippen LogP contribution in [-0.2, 0) is 6.54 Å². The first-order valence-electron chi connectivity index (χ1n) is 9.52. The molecule has 0 spiro atoms. The van der Waals surface area contributed by atoms with Crippen LogP contribution in [0.4, 0.5) is 4.39 Å². The standard InChI is InChI=1S/C24H18FN3O2S/c25-19-6-4-5-17(15-19)16-28-22(29)18-9-11-20(12-10-18)30-23-24(27-14-13-26-23)31-21-7-2-1-3-8-21/h1-15H,16H2,(H,28,29). The zero-order chi connectivity index (χ0) is 21.5. The number of hydrogen-bond acceptors (Lipinski definition) is 5. The highest BCUT2D eigenvalue weighted by Crippen LogP contribution is 2.33. The number of ether oxygens (including phenoxy) is 1. The normalized spacial score (nSPS) is 10.5. The number of aromatic nitrogens is 2. The van der Waals surface area contributed by atoms with Crippen LogP contribution in [0.25, 0.3) is 0 Å². The van der Waals surface area contributed by atoms with Crippen molar-refractivity contribution >= 4 is 17.7 Å². The summed E-state index contributed by atoms with van der Waals surface area (Å²) in [5.41, 5.74) is 1.17. The lowest BCUT2D eigenvalue weighted by Crippen LogP contribution is -2.22. The van der Waals surface area contributed by atoms with Gasteiger partial charge in [-0.25, -0.2) is 14.4 Å². The average molecular weight is 431 g/mol. The summed E-state index contributed by atoms with van der Waals surface area (Å²) in [5, 5.41) is 3.42. The van der Waals surface area contributed by atoms with Gasteiger partial charge >= 0.3 is 0 Å². The molecule has 0 saturated carbocycles. The number of nitrogens with one attached hydrogen (secondary N) is 1. The van der Waals surface area contributed by atoms with Gasteiger partial charge < -0.3 is 10.1 Å². The third kappa shape index (κ3) is 5.67. The molecule has 31 heavy (non-hydrogen) atoms. The number of carbonyl (C=O) groups excluding carboxylic acids is 1. The first kappa shape index (κ1) is 20.6. The summed E-state index contributed by atoms with van der Waals surface area (Å²) in [6, 6.07) is 22.7. The molecule has 0 aliphatic heterocycles. The van der Waals surface area contributed by atoms with Crippen molar-refractivity contribution in [3.8, 4) is 11.6 Å². The Kier molecular flexibility index (Phi) is 6.54. The van der Waals surface area contributed by atoms with E-state index in [0.717, 1.165) is 4.90 Å². The minimum absolute atomic E-state index is 0.245. The Bertz CT molecular complexity index is 1170. The number of amides is 1. The lowest BCUT2D eigenvalue weighted by atomic mass is 10.2. The van der Waals surface area contributed by atoms with Crippen LogP contribution in [0.3, 0.4) is 0 Å². The summed E-state index contributed by atoms with van der Waals surface area (Å²) in [4.78, 5) is 22.0. The fourth-order valence-corrected chi connectivity index (χ4v) is 3.58. The summed E-state index contributed by atoms with van der Waals surface area (Å²) in [7, 11) is 0. The predicted molar refractivity (Wildman–Crippen MR) is 117 cm³/mol. The van der Waals surface area contributed by atoms with Crippen molar-refractivity contribution in [2.75, 3.05) is 0 Å². The van der Waals surface area contributed by atoms with E-state index in [4.69, 9.17) is 4.74 Å². The second-order valence-electron chi connectivity index (χ2n) is 6.52. The Labute approximate surface area is 183 Å². The number of carbonyl (C=O) groups is 1. The molecule has 0 aliphatic carbocycles. The van der Waals surface area contributed by atoms with E-state index in [9.17, 15) is 9.18 Å². The van der Waals surface area contributed by atoms with E-state index >= 15 is 0 Å². The molecule has 154 valence electrons. The first-order valence-corrected chi connectivity index (χ1v) is 10.3. The largest absolute Gasteiger partial charge is 0.437 e. The van der Waals surface area contributed by atoms with Crippen LogP contribution in [0.2, 0.25) is 0 Å². The van der Waals surface area contributed by atoms with Crippen LogP contribution in [0.15, 0.2) is 101 Å². The van der Waals surface area contributed by atoms with Crippen LogP contribution in [0.5, 0.6) is 11.6 Å². The molecule has 7 heteroatoms. The number of rotatable bonds is 7. The summed E-state index contributed by atoms with van der Waals surface area (Å²) in [5.74, 6) is 0.342. The fraction of sp³-hybridized carbons (Fsp3) is 0.0417. The quantitative estimate of drug-likeness (QED) is 0.419. The monoisotopic (exact) mass is 431 g/mol. The molecule has 0 atom stereocenters. The van der Waals surface area contributed by atoms with E-state index < -0.39 is 0 Å². The molecule has 0 saturated heterocycles. The molecule has 1 aromatic heterocycles. The van der Waals surface area contributed by atoms with Gasteiger partial charge in [-0.2, -0.15) is 0 Å². The van der Waals surface area contributed by atoms with Crippen molar-refractivity contribution in [3.63, 3.8) is 0 Å². The van der Waals surface area contributed by atoms with Gasteiger partial charge in [-0.15, -0.1) is 0 Å². The van der Waals surface area contributed by atoms with Crippen molar-refractivity contribution in [1.82, 2.24) is 15.3 Å². The van der Waals surface area contributed by atoms with Gasteiger partial charge in [0.2, 0.25) is 0 Å². The van der Waals surface area contributed by atoms with E-state index in [1.807, 2.05) is 30.3 Å². The first-order chi connectivity index (χ1) is 15.2. The molecule has 4 aromatic rings. The Hall–Kier alpha value is -3.71. The molecule has 1 N–H and O–H groups in total. The van der Waals surface area contributed by atoms with Gasteiger partial charge in [-0.3, -0.25) is 4.79 Å². The Balaban J connectivity index is 1.40. The molecule has 0 bridgehead atoms. The number of nitrogens with zero attached hydrogens (tertiary/aromatic N) is 2. The minimum atomic E-state index is -0.331. The molecule has 1 amide bonds. The van der Waals surface area contributed by atoms with Gasteiger partial charge in [0.25, 0.3) is 11.8 Å². The van der Waals surface area contributed by atoms with Crippen LogP contribution in [-0.4, -0.2) is 15.9 Å². The van der Waals surface area contributed by atoms with Gasteiger partial charge in [0.05, 0.1) is 0 Å². The third-order valence-electron chi connectivity index (χ3n) is 4.26. The van der Waals surface area contributed by atoms with Crippen molar-refractivity contribution in [1.29, 1.82) is 0 Å². The Morgan fingerprint density at radius 1 is 0.935 bits per heavy atom. The lowest BCUT2D eigenvalue weighted by molar-refractivity contribution is 0.0951. The highest BCUT2D eigenvalue weighted by atomic mass is 32.2. The zero-order valence-electron chi connectivity index (χ0n) is 16.4. The molecular formula is C24H18FN3O2S. The number of halogens is 1. The maximum Gasteiger partial charge on any atom is 0.252 e. The van der Waals surface area contributed by atoms with Gasteiger partial charge in [0.1, 0.15) is 11.6 Å². The smallest absolute Gasteiger partial charge is 0.252 e. The highest BCUT2D eigenvalue weighted by molar-refractivity contribution is 7.99. The minimum Gasteiger partial charge on any atom is -0.437 e. The summed E-state index contributed by atoms with van der Waals surface area (Å²) < 4.78 is 19.1. The summed E-state index contributed by atoms with van der Waals surface area (Å²) in [6.45, 7) is 0.245. The molecular weight excluding hydrogens is 413 g/mol. The van der Waals surface area contributed by atoms with E-state index in [1.165, 1.54) is 23.9 Å². The van der Waals surface area contributed by atoms with Gasteiger partial charge in [0, 0.05) is 29.4 Å². The van der Waals surface area contributed by atoms with Crippen molar-refractivity contribution < 1.29 is 13.9 Å². The number of benzene rings is 3. The van der Waals surface area contributed by atoms with E-state index in [-0.39, 0.29) is 18.3 Å². The van der Waals surface area contributed by atoms with Gasteiger partial charge in [-0.05, 0) is 54.1 Å². The molecule has 1 heterocycles. The molecule has 4 rings (SSSR count). The van der Waals surface area contributed by atoms with Gasteiger partial charge in [-0.1, -0.05) is 42.1 Å². The van der Waals surface area contributed by atoms with E-state index in [1.54, 1.807) is 48.8 Å². The predicted octanol–water partition coefficient (Wildman–Crippen LogP) is 5.49. The Morgan fingerprint density at radius 3 is 2.48 bits per heavy atom. The van der Waals surface area contributed by atoms with Crippen LogP contribution < -0.4 is 10.1 Å². The molecule has 0 aliphatic rings. The maximum absolute atomic E-state index is 13.3. The second kappa shape index (κ2) is 9.86. The van der Waals surface area contributed by atoms with Crippen molar-refractivity contribution in [2.24, 2.45) is 0 Å². The molecule has 0 radical (unpaired) electrons. The van der Waals surface area contributed by atoms with Crippen LogP contribution in [0.1, 0.15) is 15.9 Å². The summed E-state index contributed by atoms with van der Waals surface area (Å²) in [6.07, 6.45) is 3.18. The SMILES string of the molecule is O=C(NCc1cccc(F)c1)c1ccc(Oc2nccnc2Sc2ccccc2)cc1. The van der Waals surface area contributed by atoms with Crippen molar-refractivity contribution in [3.05, 3.63) is 108 Å². The van der Waals surface area contributed by atoms with Gasteiger partial charge in [0.15, 0.2) is 5.03 Å². The average Bonchev–Trinajstić information content (AvgIpc) is 2.80. The summed E-state index contributed by atoms with van der Waals surface area (Å²) >= 11 is 1.46. The molecule has 0 fully saturated rings. The topological polar surface area (TPSA) is 64.1 Å². The maximum atomic E-state index is 13.3. The molecule has 3 aromatic carbocycles. The van der Waals surface area contributed by atoms with Crippen LogP contribution in [0, 0.1) is 5.82 Å². The highest BCUT2D eigenvalue weighted by Gasteiger charge is 2.11. The van der Waals surface area contributed by atoms with Crippen LogP contribution >= 0.6 is 11.8 Å². The molecule has 5 nitrogen and oxygen atoms in total. The number of hydrogen-bond donors (Lipinski definition) is 1. The van der Waals surface area contributed by atoms with Crippen molar-refractivity contribution in [2.45, 2.75) is 16.5 Å². The second-order valence-corrected chi connectivity index (χ2v) is 7.58. The zero-order valence-corrected chi connectivity index (χ0v) is 17.2. The molecule has 0 unspecified atom stereocenters. The fourth-order valence-electron chi connectivity index (χ4n) is 2.77.